The highest BCUT2D eigenvalue weighted by Gasteiger charge is 2.37. The third-order valence-corrected chi connectivity index (χ3v) is 10.2. The summed E-state index contributed by atoms with van der Waals surface area (Å²) in [6, 6.07) is 12.9. The van der Waals surface area contributed by atoms with Crippen LogP contribution in [0.15, 0.2) is 54.6 Å². The van der Waals surface area contributed by atoms with Crippen molar-refractivity contribution in [2.75, 3.05) is 76.5 Å². The van der Waals surface area contributed by atoms with Crippen LogP contribution in [0.25, 0.3) is 21.7 Å². The molecule has 3 amide bonds. The second kappa shape index (κ2) is 18.0. The first-order valence-electron chi connectivity index (χ1n) is 17.9. The fourth-order valence-corrected chi connectivity index (χ4v) is 7.32. The topological polar surface area (TPSA) is 224 Å². The molecule has 0 fully saturated rings. The molecule has 4 N–H and O–H groups in total. The van der Waals surface area contributed by atoms with Crippen molar-refractivity contribution in [3.63, 3.8) is 0 Å². The number of ether oxygens (including phenoxy) is 3. The number of hydrogen-bond donors (Lipinski definition) is 4. The molecule has 59 heavy (non-hydrogen) atoms. The maximum Gasteiger partial charge on any atom is 0.300 e. The Bertz CT molecular complexity index is 2440. The van der Waals surface area contributed by atoms with Crippen molar-refractivity contribution in [2.24, 2.45) is 0 Å². The number of halogens is 2. The second-order valence-electron chi connectivity index (χ2n) is 13.8. The predicted molar refractivity (Wildman–Crippen MR) is 227 cm³/mol. The minimum Gasteiger partial charge on any atom is -0.493 e. The first kappa shape index (κ1) is 43.7. The number of nitrogens with zero attached hydrogens (tertiary/aromatic N) is 4. The molecule has 0 bridgehead atoms. The summed E-state index contributed by atoms with van der Waals surface area (Å²) in [5.41, 5.74) is 0.00375. The molecule has 5 aromatic rings. The molecule has 2 unspecified atom stereocenters. The normalized spacial score (nSPS) is 13.7. The number of aromatic amines is 1. The number of methoxy groups -OCH3 is 3. The predicted octanol–water partition coefficient (Wildman–Crippen LogP) is 6.30. The van der Waals surface area contributed by atoms with E-state index in [9.17, 15) is 34.6 Å². The second-order valence-corrected chi connectivity index (χ2v) is 14.1. The number of aromatic nitrogens is 1. The minimum atomic E-state index is -1.27. The monoisotopic (exact) mass is 852 g/mol. The number of carbonyl (C=O) groups is 3. The van der Waals surface area contributed by atoms with Gasteiger partial charge in [-0.05, 0) is 50.2 Å². The first-order chi connectivity index (χ1) is 27.7. The van der Waals surface area contributed by atoms with Gasteiger partial charge in [-0.3, -0.25) is 34.6 Å². The number of nitrogens with one attached hydrogen (secondary N) is 4. The number of fused-ring (bicyclic) bond motifs is 4. The lowest BCUT2D eigenvalue weighted by Crippen LogP contribution is -2.33. The Morgan fingerprint density at radius 2 is 1.61 bits per heavy atom. The zero-order valence-corrected chi connectivity index (χ0v) is 34.4. The molecule has 0 aliphatic carbocycles. The van der Waals surface area contributed by atoms with Gasteiger partial charge in [-0.25, -0.2) is 0 Å². The van der Waals surface area contributed by atoms with E-state index >= 15 is 0 Å². The van der Waals surface area contributed by atoms with Crippen LogP contribution in [0.2, 0.25) is 0 Å². The van der Waals surface area contributed by atoms with Crippen LogP contribution in [0.1, 0.15) is 39.3 Å². The smallest absolute Gasteiger partial charge is 0.300 e. The van der Waals surface area contributed by atoms with Crippen molar-refractivity contribution >= 4 is 91.8 Å². The van der Waals surface area contributed by atoms with E-state index in [-0.39, 0.29) is 54.5 Å². The van der Waals surface area contributed by atoms with Crippen LogP contribution >= 0.6 is 24.0 Å². The number of amides is 3. The zero-order chi connectivity index (χ0) is 42.0. The van der Waals surface area contributed by atoms with Crippen molar-refractivity contribution in [1.82, 2.24) is 15.2 Å². The van der Waals surface area contributed by atoms with Crippen LogP contribution in [-0.4, -0.2) is 104 Å². The number of H-pyrrole nitrogens is 1. The third kappa shape index (κ3) is 8.46. The summed E-state index contributed by atoms with van der Waals surface area (Å²) in [6.07, 6.45) is 0. The van der Waals surface area contributed by atoms with Gasteiger partial charge >= 0.3 is 0 Å². The van der Waals surface area contributed by atoms with E-state index in [2.05, 4.69) is 20.9 Å². The Hall–Kier alpha value is -6.37. The van der Waals surface area contributed by atoms with Gasteiger partial charge in [-0.1, -0.05) is 24.3 Å². The summed E-state index contributed by atoms with van der Waals surface area (Å²) < 4.78 is 16.6. The number of benzene rings is 4. The lowest BCUT2D eigenvalue weighted by molar-refractivity contribution is -0.392. The maximum atomic E-state index is 14.4. The van der Waals surface area contributed by atoms with Crippen LogP contribution < -0.4 is 35.1 Å². The van der Waals surface area contributed by atoms with Crippen molar-refractivity contribution in [3.05, 3.63) is 91.6 Å². The van der Waals surface area contributed by atoms with Gasteiger partial charge in [-0.15, -0.1) is 24.0 Å². The van der Waals surface area contributed by atoms with E-state index in [1.165, 1.54) is 28.3 Å². The van der Waals surface area contributed by atoms with Crippen LogP contribution in [0.4, 0.5) is 28.4 Å². The van der Waals surface area contributed by atoms with E-state index in [0.29, 0.717) is 51.5 Å². The SMILES string of the molecule is COc1cc2cc(C(=O)N3CC(CCl)c4c3cc(NC(=O)C(C)Nc3c([N+](=O)[O-])cc(C(=O)NCCN(C)C)cc3[N+](=O)[O-])c3ccccc43)[nH]c2c(OC)c1OC.Cl. The van der Waals surface area contributed by atoms with Crippen LogP contribution in [-0.2, 0) is 4.79 Å². The Kier molecular flexibility index (Phi) is 13.4. The van der Waals surface area contributed by atoms with E-state index < -0.39 is 44.8 Å². The lowest BCUT2D eigenvalue weighted by Gasteiger charge is -2.20. The maximum absolute atomic E-state index is 14.4. The number of nitro groups is 2. The van der Waals surface area contributed by atoms with Gasteiger partial charge in [0.15, 0.2) is 17.2 Å². The molecule has 18 nitrogen and oxygen atoms in total. The van der Waals surface area contributed by atoms with E-state index in [1.54, 1.807) is 54.2 Å². The van der Waals surface area contributed by atoms with Crippen molar-refractivity contribution in [2.45, 2.75) is 18.9 Å². The number of likely N-dealkylation sites (N-methyl/N-ethyl adjacent to an activating group) is 1. The van der Waals surface area contributed by atoms with Gasteiger partial charge in [0.1, 0.15) is 11.7 Å². The quantitative estimate of drug-likeness (QED) is 0.0518. The Morgan fingerprint density at radius 3 is 2.19 bits per heavy atom. The highest BCUT2D eigenvalue weighted by molar-refractivity contribution is 6.20. The molecule has 312 valence electrons. The van der Waals surface area contributed by atoms with Crippen molar-refractivity contribution in [3.8, 4) is 17.2 Å². The summed E-state index contributed by atoms with van der Waals surface area (Å²) >= 11 is 6.51. The summed E-state index contributed by atoms with van der Waals surface area (Å²) in [6.45, 7) is 2.28. The molecular weight excluding hydrogens is 811 g/mol. The largest absolute Gasteiger partial charge is 0.493 e. The zero-order valence-electron chi connectivity index (χ0n) is 32.8. The van der Waals surface area contributed by atoms with E-state index in [4.69, 9.17) is 25.8 Å². The molecule has 2 atom stereocenters. The highest BCUT2D eigenvalue weighted by Crippen LogP contribution is 2.47. The molecule has 0 saturated carbocycles. The van der Waals surface area contributed by atoms with Crippen molar-refractivity contribution in [1.29, 1.82) is 0 Å². The number of carbonyl (C=O) groups excluding carboxylic acids is 3. The lowest BCUT2D eigenvalue weighted by atomic mass is 9.95. The molecule has 1 aliphatic rings. The molecule has 1 aliphatic heterocycles. The number of anilines is 3. The number of rotatable bonds is 15. The van der Waals surface area contributed by atoms with Crippen LogP contribution in [0.3, 0.4) is 0 Å². The molecule has 4 aromatic carbocycles. The first-order valence-corrected chi connectivity index (χ1v) is 18.5. The fourth-order valence-electron chi connectivity index (χ4n) is 7.07. The molecule has 0 saturated heterocycles. The molecular formula is C39H42Cl2N8O10. The molecule has 2 heterocycles. The minimum absolute atomic E-state index is 0. The van der Waals surface area contributed by atoms with Crippen molar-refractivity contribution < 1.29 is 38.4 Å². The van der Waals surface area contributed by atoms with Gasteiger partial charge in [-0.2, -0.15) is 0 Å². The average molecular weight is 854 g/mol. The van der Waals surface area contributed by atoms with Gasteiger partial charge in [0.2, 0.25) is 11.7 Å². The summed E-state index contributed by atoms with van der Waals surface area (Å²) in [5, 5.41) is 34.5. The standard InChI is InChI=1S/C39H41ClN8O10.ClH/c1-20(42-34-29(47(52)53)14-22(15-30(34)48(54)55)38(50)41-11-12-45(2)3)37(49)44-26-17-28-32(25-10-8-7-9-24(25)26)23(18-40)19-46(28)39(51)27-13-21-16-31(56-4)35(57-5)36(58-6)33(21)43-27;/h7-10,13-17,20,23,42-43H,11-12,18-19H2,1-6H3,(H,41,50)(H,44,49);1H. The van der Waals surface area contributed by atoms with Gasteiger partial charge in [0.05, 0.1) is 53.6 Å². The molecule has 0 spiro atoms. The Labute approximate surface area is 348 Å². The van der Waals surface area contributed by atoms with Gasteiger partial charge in [0, 0.05) is 54.3 Å². The van der Waals surface area contributed by atoms with Gasteiger partial charge in [0.25, 0.3) is 23.2 Å². The average Bonchev–Trinajstić information content (AvgIpc) is 3.81. The van der Waals surface area contributed by atoms with Crippen LogP contribution in [0.5, 0.6) is 17.2 Å². The molecule has 6 rings (SSSR count). The summed E-state index contributed by atoms with van der Waals surface area (Å²) in [5.74, 6) is -0.788. The Balaban J connectivity index is 0.00000661. The molecule has 0 radical (unpaired) electrons. The summed E-state index contributed by atoms with van der Waals surface area (Å²) in [4.78, 5) is 70.3. The molecule has 20 heteroatoms. The van der Waals surface area contributed by atoms with E-state index in [0.717, 1.165) is 23.1 Å². The number of nitro benzene ring substituents is 2. The fraction of sp³-hybridized carbons (Fsp3) is 0.308. The van der Waals surface area contributed by atoms with Gasteiger partial charge < -0.3 is 44.9 Å². The summed E-state index contributed by atoms with van der Waals surface area (Å²) in [7, 11) is 8.03. The Morgan fingerprint density at radius 1 is 0.966 bits per heavy atom. The number of hydrogen-bond acceptors (Lipinski definition) is 12. The van der Waals surface area contributed by atoms with Crippen LogP contribution in [0, 0.1) is 20.2 Å². The highest BCUT2D eigenvalue weighted by atomic mass is 35.5. The third-order valence-electron chi connectivity index (χ3n) is 9.86. The number of alkyl halides is 1. The molecule has 1 aromatic heterocycles. The van der Waals surface area contributed by atoms with E-state index in [1.807, 2.05) is 12.1 Å².